The van der Waals surface area contributed by atoms with Crippen molar-refractivity contribution in [3.8, 4) is 0 Å². The highest BCUT2D eigenvalue weighted by atomic mass is 35.5. The molecule has 1 aliphatic heterocycles. The summed E-state index contributed by atoms with van der Waals surface area (Å²) in [6.07, 6.45) is 2.05. The van der Waals surface area contributed by atoms with Crippen LogP contribution in [0.1, 0.15) is 24.0 Å². The second-order valence-electron chi connectivity index (χ2n) is 7.49. The molecule has 0 aromatic heterocycles. The van der Waals surface area contributed by atoms with Gasteiger partial charge >= 0.3 is 11.9 Å². The third-order valence-corrected chi connectivity index (χ3v) is 5.25. The van der Waals surface area contributed by atoms with Crippen molar-refractivity contribution in [3.63, 3.8) is 0 Å². The van der Waals surface area contributed by atoms with Crippen LogP contribution >= 0.6 is 11.6 Å². The summed E-state index contributed by atoms with van der Waals surface area (Å²) in [5.74, 6) is -3.30. The van der Waals surface area contributed by atoms with Crippen LogP contribution in [0.3, 0.4) is 0 Å². The van der Waals surface area contributed by atoms with E-state index >= 15 is 0 Å². The molecule has 1 aliphatic rings. The lowest BCUT2D eigenvalue weighted by atomic mass is 9.96. The van der Waals surface area contributed by atoms with Crippen molar-refractivity contribution in [2.75, 3.05) is 20.1 Å². The van der Waals surface area contributed by atoms with Gasteiger partial charge in [0.15, 0.2) is 0 Å². The Morgan fingerprint density at radius 3 is 2.19 bits per heavy atom. The summed E-state index contributed by atoms with van der Waals surface area (Å²) in [5.41, 5.74) is 2.42. The largest absolute Gasteiger partial charge is 0.473 e. The summed E-state index contributed by atoms with van der Waals surface area (Å²) in [5, 5.41) is 15.5. The SMILES string of the molecule is CN(Cc1ccccc1)C(=O)C1CCCN(Cc2ccc(Cl)cc2)C1.O=C(O)C(=O)O. The topological polar surface area (TPSA) is 98.2 Å². The molecule has 0 aliphatic carbocycles. The highest BCUT2D eigenvalue weighted by Gasteiger charge is 2.28. The maximum absolute atomic E-state index is 12.8. The molecule has 1 amide bonds. The van der Waals surface area contributed by atoms with E-state index in [0.717, 1.165) is 37.5 Å². The maximum Gasteiger partial charge on any atom is 0.414 e. The number of hydrogen-bond donors (Lipinski definition) is 2. The Morgan fingerprint density at radius 2 is 1.61 bits per heavy atom. The van der Waals surface area contributed by atoms with Gasteiger partial charge in [-0.1, -0.05) is 54.1 Å². The number of aliphatic carboxylic acids is 2. The van der Waals surface area contributed by atoms with E-state index in [2.05, 4.69) is 29.2 Å². The molecular formula is C23H27ClN2O5. The minimum atomic E-state index is -1.82. The van der Waals surface area contributed by atoms with Gasteiger partial charge in [0.25, 0.3) is 0 Å². The van der Waals surface area contributed by atoms with Crippen molar-refractivity contribution >= 4 is 29.4 Å². The van der Waals surface area contributed by atoms with Gasteiger partial charge in [0.05, 0.1) is 5.92 Å². The molecule has 1 fully saturated rings. The van der Waals surface area contributed by atoms with Gasteiger partial charge in [0.1, 0.15) is 0 Å². The summed E-state index contributed by atoms with van der Waals surface area (Å²) in [6, 6.07) is 18.2. The first-order valence-electron chi connectivity index (χ1n) is 9.98. The number of carbonyl (C=O) groups excluding carboxylic acids is 1. The van der Waals surface area contributed by atoms with Crippen molar-refractivity contribution in [2.24, 2.45) is 5.92 Å². The molecular weight excluding hydrogens is 420 g/mol. The molecule has 2 aromatic rings. The van der Waals surface area contributed by atoms with Crippen LogP contribution in [-0.2, 0) is 27.5 Å². The number of carboxylic acids is 2. The molecule has 3 rings (SSSR count). The number of likely N-dealkylation sites (tertiary alicyclic amines) is 1. The van der Waals surface area contributed by atoms with Crippen molar-refractivity contribution in [2.45, 2.75) is 25.9 Å². The number of piperidine rings is 1. The summed E-state index contributed by atoms with van der Waals surface area (Å²) in [7, 11) is 1.91. The quantitative estimate of drug-likeness (QED) is 0.683. The van der Waals surface area contributed by atoms with Crippen LogP contribution in [0.25, 0.3) is 0 Å². The first-order valence-corrected chi connectivity index (χ1v) is 10.4. The number of benzene rings is 2. The molecule has 1 unspecified atom stereocenters. The molecule has 0 radical (unpaired) electrons. The van der Waals surface area contributed by atoms with Crippen LogP contribution in [0.5, 0.6) is 0 Å². The maximum atomic E-state index is 12.8. The van der Waals surface area contributed by atoms with Crippen LogP contribution in [-0.4, -0.2) is 58.0 Å². The molecule has 0 bridgehead atoms. The van der Waals surface area contributed by atoms with E-state index in [9.17, 15) is 4.79 Å². The average molecular weight is 447 g/mol. The molecule has 31 heavy (non-hydrogen) atoms. The highest BCUT2D eigenvalue weighted by molar-refractivity contribution is 6.30. The zero-order chi connectivity index (χ0) is 22.8. The predicted molar refractivity (Wildman–Crippen MR) is 118 cm³/mol. The fraction of sp³-hybridized carbons (Fsp3) is 0.348. The first kappa shape index (κ1) is 24.4. The third-order valence-electron chi connectivity index (χ3n) is 5.00. The van der Waals surface area contributed by atoms with Crippen LogP contribution in [0.4, 0.5) is 0 Å². The van der Waals surface area contributed by atoms with Crippen molar-refractivity contribution in [1.29, 1.82) is 0 Å². The predicted octanol–water partition coefficient (Wildman–Crippen LogP) is 3.37. The Morgan fingerprint density at radius 1 is 1.00 bits per heavy atom. The first-order chi connectivity index (χ1) is 14.8. The molecule has 7 nitrogen and oxygen atoms in total. The Bertz CT molecular complexity index is 861. The van der Waals surface area contributed by atoms with E-state index in [1.165, 1.54) is 11.1 Å². The standard InChI is InChI=1S/C21H25ClN2O.C2H2O4/c1-23(14-17-6-3-2-4-7-17)21(25)19-8-5-13-24(16-19)15-18-9-11-20(22)12-10-18;3-1(4)2(5)6/h2-4,6-7,9-12,19H,5,8,13-16H2,1H3;(H,3,4)(H,5,6). The molecule has 0 spiro atoms. The van der Waals surface area contributed by atoms with E-state index < -0.39 is 11.9 Å². The Balaban J connectivity index is 0.000000501. The van der Waals surface area contributed by atoms with Gasteiger partial charge in [-0.2, -0.15) is 0 Å². The fourth-order valence-corrected chi connectivity index (χ4v) is 3.62. The Hall–Kier alpha value is -2.90. The molecule has 2 N–H and O–H groups in total. The van der Waals surface area contributed by atoms with Gasteiger partial charge in [-0.05, 0) is 42.6 Å². The smallest absolute Gasteiger partial charge is 0.414 e. The van der Waals surface area contributed by atoms with Crippen LogP contribution in [0.2, 0.25) is 5.02 Å². The van der Waals surface area contributed by atoms with E-state index in [1.807, 2.05) is 42.3 Å². The highest BCUT2D eigenvalue weighted by Crippen LogP contribution is 2.21. The lowest BCUT2D eigenvalue weighted by molar-refractivity contribution is -0.159. The number of carbonyl (C=O) groups is 3. The van der Waals surface area contributed by atoms with Gasteiger partial charge in [-0.15, -0.1) is 0 Å². The molecule has 0 saturated carbocycles. The molecule has 1 atom stereocenters. The number of carboxylic acid groups (broad SMARTS) is 2. The van der Waals surface area contributed by atoms with Crippen molar-refractivity contribution < 1.29 is 24.6 Å². The number of amides is 1. The van der Waals surface area contributed by atoms with E-state index in [1.54, 1.807) is 0 Å². The summed E-state index contributed by atoms with van der Waals surface area (Å²) >= 11 is 5.96. The lowest BCUT2D eigenvalue weighted by Gasteiger charge is -2.34. The second-order valence-corrected chi connectivity index (χ2v) is 7.93. The molecule has 166 valence electrons. The number of halogens is 1. The zero-order valence-electron chi connectivity index (χ0n) is 17.4. The van der Waals surface area contributed by atoms with Crippen molar-refractivity contribution in [1.82, 2.24) is 9.80 Å². The Labute approximate surface area is 186 Å². The third kappa shape index (κ3) is 8.39. The summed E-state index contributed by atoms with van der Waals surface area (Å²) in [6.45, 7) is 3.44. The number of nitrogens with zero attached hydrogens (tertiary/aromatic N) is 2. The van der Waals surface area contributed by atoms with E-state index in [4.69, 9.17) is 31.4 Å². The minimum Gasteiger partial charge on any atom is -0.473 e. The molecule has 1 heterocycles. The van der Waals surface area contributed by atoms with Gasteiger partial charge in [0, 0.05) is 31.7 Å². The van der Waals surface area contributed by atoms with Crippen molar-refractivity contribution in [3.05, 3.63) is 70.7 Å². The Kier molecular flexibility index (Phi) is 9.49. The van der Waals surface area contributed by atoms with Gasteiger partial charge in [0.2, 0.25) is 5.91 Å². The second kappa shape index (κ2) is 12.1. The molecule has 1 saturated heterocycles. The molecule has 8 heteroatoms. The molecule has 2 aromatic carbocycles. The lowest BCUT2D eigenvalue weighted by Crippen LogP contribution is -2.43. The van der Waals surface area contributed by atoms with Crippen LogP contribution < -0.4 is 0 Å². The van der Waals surface area contributed by atoms with Gasteiger partial charge in [-0.25, -0.2) is 9.59 Å². The fourth-order valence-electron chi connectivity index (χ4n) is 3.50. The van der Waals surface area contributed by atoms with Crippen LogP contribution in [0.15, 0.2) is 54.6 Å². The number of hydrogen-bond acceptors (Lipinski definition) is 4. The van der Waals surface area contributed by atoms with E-state index in [-0.39, 0.29) is 11.8 Å². The average Bonchev–Trinajstić information content (AvgIpc) is 2.76. The van der Waals surface area contributed by atoms with Gasteiger partial charge < -0.3 is 15.1 Å². The summed E-state index contributed by atoms with van der Waals surface area (Å²) < 4.78 is 0. The minimum absolute atomic E-state index is 0.0924. The zero-order valence-corrected chi connectivity index (χ0v) is 18.2. The summed E-state index contributed by atoms with van der Waals surface area (Å²) in [4.78, 5) is 35.3. The van der Waals surface area contributed by atoms with E-state index in [0.29, 0.717) is 6.54 Å². The van der Waals surface area contributed by atoms with Crippen LogP contribution in [0, 0.1) is 5.92 Å². The number of rotatable bonds is 5. The van der Waals surface area contributed by atoms with Gasteiger partial charge in [-0.3, -0.25) is 9.69 Å². The monoisotopic (exact) mass is 446 g/mol. The normalized spacial score (nSPS) is 16.0.